The first-order valence-corrected chi connectivity index (χ1v) is 14.6. The lowest BCUT2D eigenvalue weighted by atomic mass is 9.70. The number of sulfone groups is 1. The van der Waals surface area contributed by atoms with E-state index >= 15 is 0 Å². The van der Waals surface area contributed by atoms with Crippen molar-refractivity contribution in [1.29, 1.82) is 0 Å². The van der Waals surface area contributed by atoms with Gasteiger partial charge >= 0.3 is 0 Å². The van der Waals surface area contributed by atoms with E-state index < -0.39 is 15.6 Å². The van der Waals surface area contributed by atoms with Crippen molar-refractivity contribution >= 4 is 38.9 Å². The zero-order valence-corrected chi connectivity index (χ0v) is 23.2. The zero-order valence-electron chi connectivity index (χ0n) is 20.8. The minimum atomic E-state index is -3.85. The topological polar surface area (TPSA) is 109 Å². The number of nitrogens with one attached hydrogen (secondary N) is 1. The van der Waals surface area contributed by atoms with Crippen molar-refractivity contribution in [3.8, 4) is 0 Å². The van der Waals surface area contributed by atoms with E-state index in [1.807, 2.05) is 0 Å². The highest BCUT2D eigenvalue weighted by Gasteiger charge is 2.40. The monoisotopic (exact) mass is 557 g/mol. The van der Waals surface area contributed by atoms with Crippen LogP contribution in [0.3, 0.4) is 0 Å². The summed E-state index contributed by atoms with van der Waals surface area (Å²) in [6.07, 6.45) is 2.87. The first-order chi connectivity index (χ1) is 16.9. The van der Waals surface area contributed by atoms with Crippen LogP contribution in [0.5, 0.6) is 0 Å². The van der Waals surface area contributed by atoms with Crippen LogP contribution in [0.1, 0.15) is 44.8 Å². The number of hydrogen-bond donors (Lipinski definition) is 1. The summed E-state index contributed by atoms with van der Waals surface area (Å²) in [5.41, 5.74) is -0.0494. The molecule has 2 unspecified atom stereocenters. The van der Waals surface area contributed by atoms with Crippen molar-refractivity contribution in [1.82, 2.24) is 25.3 Å². The summed E-state index contributed by atoms with van der Waals surface area (Å²) in [5.74, 6) is -0.704. The predicted molar refractivity (Wildman–Crippen MR) is 138 cm³/mol. The van der Waals surface area contributed by atoms with Gasteiger partial charge in [0, 0.05) is 38.3 Å². The van der Waals surface area contributed by atoms with Crippen LogP contribution in [0.4, 0.5) is 0 Å². The van der Waals surface area contributed by atoms with Crippen LogP contribution in [0.25, 0.3) is 0 Å². The van der Waals surface area contributed by atoms with Gasteiger partial charge in [0.2, 0.25) is 11.8 Å². The van der Waals surface area contributed by atoms with E-state index in [0.29, 0.717) is 6.04 Å². The molecule has 2 aliphatic rings. The molecular weight excluding hydrogens is 525 g/mol. The second-order valence-corrected chi connectivity index (χ2v) is 13.2. The molecule has 1 aliphatic carbocycles. The van der Waals surface area contributed by atoms with Gasteiger partial charge in [-0.25, -0.2) is 8.42 Å². The molecule has 0 radical (unpaired) electrons. The number of hydrogen-bond acceptors (Lipinski definition) is 8. The Balaban J connectivity index is 1.32. The van der Waals surface area contributed by atoms with Gasteiger partial charge in [-0.2, -0.15) is 4.98 Å². The Bertz CT molecular complexity index is 1190. The lowest BCUT2D eigenvalue weighted by molar-refractivity contribution is -0.123. The Hall–Kier alpha value is -1.72. The van der Waals surface area contributed by atoms with Crippen molar-refractivity contribution in [2.45, 2.75) is 62.3 Å². The molecule has 0 bridgehead atoms. The molecule has 2 fully saturated rings. The van der Waals surface area contributed by atoms with Gasteiger partial charge in [-0.1, -0.05) is 48.3 Å². The standard InChI is InChI=1S/C24H33Cl2N5O4S/c1-24(2)14-16(31-11-9-30(3)10-12-31)7-8-19(24)27-21(32)13-22-28-20(29-35-22)15-36(33,34)18-6-4-5-17(25)23(18)26/h4-6,16,19H,7-15H2,1-3H3,(H,27,32). The van der Waals surface area contributed by atoms with E-state index in [0.717, 1.165) is 45.4 Å². The van der Waals surface area contributed by atoms with Crippen molar-refractivity contribution < 1.29 is 17.7 Å². The van der Waals surface area contributed by atoms with Gasteiger partial charge in [-0.05, 0) is 43.9 Å². The van der Waals surface area contributed by atoms with E-state index in [1.54, 1.807) is 0 Å². The summed E-state index contributed by atoms with van der Waals surface area (Å²) >= 11 is 12.0. The summed E-state index contributed by atoms with van der Waals surface area (Å²) < 4.78 is 30.7. The summed E-state index contributed by atoms with van der Waals surface area (Å²) in [4.78, 5) is 21.7. The van der Waals surface area contributed by atoms with Crippen LogP contribution >= 0.6 is 23.2 Å². The number of benzene rings is 1. The second kappa shape index (κ2) is 10.9. The van der Waals surface area contributed by atoms with Crippen molar-refractivity contribution in [2.24, 2.45) is 5.41 Å². The molecule has 1 aromatic carbocycles. The van der Waals surface area contributed by atoms with Crippen LogP contribution in [0.15, 0.2) is 27.6 Å². The molecule has 2 heterocycles. The van der Waals surface area contributed by atoms with Gasteiger partial charge in [0.15, 0.2) is 15.7 Å². The Morgan fingerprint density at radius 1 is 1.19 bits per heavy atom. The Kier molecular flexibility index (Phi) is 8.31. The molecule has 1 aliphatic heterocycles. The zero-order chi connectivity index (χ0) is 26.1. The molecule has 2 atom stereocenters. The number of aromatic nitrogens is 2. The van der Waals surface area contributed by atoms with Crippen LogP contribution in [-0.2, 0) is 26.8 Å². The second-order valence-electron chi connectivity index (χ2n) is 10.5. The van der Waals surface area contributed by atoms with Crippen LogP contribution in [0, 0.1) is 5.41 Å². The number of nitrogens with zero attached hydrogens (tertiary/aromatic N) is 4. The summed E-state index contributed by atoms with van der Waals surface area (Å²) in [6, 6.07) is 4.97. The minimum Gasteiger partial charge on any atom is -0.352 e. The highest BCUT2D eigenvalue weighted by Crippen LogP contribution is 2.38. The van der Waals surface area contributed by atoms with E-state index in [9.17, 15) is 13.2 Å². The van der Waals surface area contributed by atoms with Gasteiger partial charge in [-0.15, -0.1) is 0 Å². The van der Waals surface area contributed by atoms with Crippen molar-refractivity contribution in [3.05, 3.63) is 40.0 Å². The smallest absolute Gasteiger partial charge is 0.236 e. The number of likely N-dealkylation sites (N-methyl/N-ethyl adjacent to an activating group) is 1. The fraction of sp³-hybridized carbons (Fsp3) is 0.625. The first kappa shape index (κ1) is 27.3. The van der Waals surface area contributed by atoms with E-state index in [-0.39, 0.29) is 50.4 Å². The number of amides is 1. The highest BCUT2D eigenvalue weighted by atomic mass is 35.5. The minimum absolute atomic E-state index is 0.0399. The largest absolute Gasteiger partial charge is 0.352 e. The fourth-order valence-corrected chi connectivity index (χ4v) is 7.13. The molecule has 1 saturated heterocycles. The number of rotatable bonds is 7. The van der Waals surface area contributed by atoms with Gasteiger partial charge < -0.3 is 14.7 Å². The van der Waals surface area contributed by atoms with E-state index in [4.69, 9.17) is 27.7 Å². The third-order valence-electron chi connectivity index (χ3n) is 7.28. The van der Waals surface area contributed by atoms with Crippen LogP contribution in [-0.4, -0.2) is 79.6 Å². The molecule has 1 N–H and O–H groups in total. The number of piperazine rings is 1. The molecule has 9 nitrogen and oxygen atoms in total. The summed E-state index contributed by atoms with van der Waals surface area (Å²) in [7, 11) is -1.69. The molecule has 1 saturated carbocycles. The quantitative estimate of drug-likeness (QED) is 0.552. The van der Waals surface area contributed by atoms with Crippen LogP contribution < -0.4 is 5.32 Å². The maximum absolute atomic E-state index is 12.8. The van der Waals surface area contributed by atoms with Crippen molar-refractivity contribution in [2.75, 3.05) is 33.2 Å². The number of carbonyl (C=O) groups is 1. The third-order valence-corrected chi connectivity index (χ3v) is 9.85. The number of halogens is 2. The molecule has 2 aromatic rings. The molecule has 36 heavy (non-hydrogen) atoms. The Morgan fingerprint density at radius 2 is 1.92 bits per heavy atom. The number of carbonyl (C=O) groups excluding carboxylic acids is 1. The van der Waals surface area contributed by atoms with Gasteiger partial charge in [0.25, 0.3) is 0 Å². The maximum Gasteiger partial charge on any atom is 0.236 e. The van der Waals surface area contributed by atoms with E-state index in [1.165, 1.54) is 18.2 Å². The molecule has 1 aromatic heterocycles. The molecule has 12 heteroatoms. The third kappa shape index (κ3) is 6.39. The van der Waals surface area contributed by atoms with Crippen molar-refractivity contribution in [3.63, 3.8) is 0 Å². The average molecular weight is 559 g/mol. The van der Waals surface area contributed by atoms with Crippen LogP contribution in [0.2, 0.25) is 10.0 Å². The Morgan fingerprint density at radius 3 is 2.61 bits per heavy atom. The predicted octanol–water partition coefficient (Wildman–Crippen LogP) is 3.20. The molecule has 4 rings (SSSR count). The molecule has 1 amide bonds. The summed E-state index contributed by atoms with van der Waals surface area (Å²) in [6.45, 7) is 8.78. The maximum atomic E-state index is 12.8. The van der Waals surface area contributed by atoms with E-state index in [2.05, 4.69) is 46.2 Å². The van der Waals surface area contributed by atoms with Gasteiger partial charge in [0.05, 0.1) is 14.9 Å². The lowest BCUT2D eigenvalue weighted by Crippen LogP contribution is -2.56. The first-order valence-electron chi connectivity index (χ1n) is 12.1. The summed E-state index contributed by atoms with van der Waals surface area (Å²) in [5, 5.41) is 6.98. The molecule has 198 valence electrons. The SMILES string of the molecule is CN1CCN(C2CCC(NC(=O)Cc3nc(CS(=O)(=O)c4cccc(Cl)c4Cl)no3)C(C)(C)C2)CC1. The molecular formula is C24H33Cl2N5O4S. The average Bonchev–Trinajstić information content (AvgIpc) is 3.23. The van der Waals surface area contributed by atoms with Gasteiger partial charge in [-0.3, -0.25) is 9.69 Å². The lowest BCUT2D eigenvalue weighted by Gasteiger charge is -2.48. The highest BCUT2D eigenvalue weighted by molar-refractivity contribution is 7.90. The van der Waals surface area contributed by atoms with Gasteiger partial charge in [0.1, 0.15) is 12.2 Å². The normalized spacial score (nSPS) is 23.5. The fourth-order valence-electron chi connectivity index (χ4n) is 5.14. The Labute approximate surface area is 222 Å². The molecule has 0 spiro atoms.